The highest BCUT2D eigenvalue weighted by molar-refractivity contribution is 7.48. The van der Waals surface area contributed by atoms with Crippen LogP contribution in [-0.2, 0) is 87.9 Å². The Balaban J connectivity index is -0.000000104. The van der Waals surface area contributed by atoms with Crippen molar-refractivity contribution in [3.63, 3.8) is 0 Å². The summed E-state index contributed by atoms with van der Waals surface area (Å²) in [5.74, 6) is -1.32. The maximum atomic E-state index is 12.8. The molecular formula is C88H216N4O23P10. The molecule has 0 rings (SSSR count). The van der Waals surface area contributed by atoms with Gasteiger partial charge in [0, 0.05) is 73.1 Å². The van der Waals surface area contributed by atoms with Crippen LogP contribution >= 0.6 is 90.7 Å². The van der Waals surface area contributed by atoms with Gasteiger partial charge < -0.3 is 50.7 Å². The highest BCUT2D eigenvalue weighted by Gasteiger charge is 2.27. The van der Waals surface area contributed by atoms with Gasteiger partial charge in [-0.3, -0.25) is 60.2 Å². The zero-order valence-electron chi connectivity index (χ0n) is 74.1. The fourth-order valence-corrected chi connectivity index (χ4v) is 13.8. The second-order valence-electron chi connectivity index (χ2n) is 28.8. The quantitative estimate of drug-likeness (QED) is 0.0159. The molecule has 0 saturated heterocycles. The van der Waals surface area contributed by atoms with Crippen molar-refractivity contribution in [3.05, 3.63) is 0 Å². The first-order chi connectivity index (χ1) is 53.0. The van der Waals surface area contributed by atoms with Crippen LogP contribution in [0, 0.1) is 0 Å². The van der Waals surface area contributed by atoms with Crippen molar-refractivity contribution < 1.29 is 107 Å². The maximum Gasteiger partial charge on any atom is 0.472 e. The summed E-state index contributed by atoms with van der Waals surface area (Å²) in [4.78, 5) is 99.0. The molecule has 0 aromatic rings. The van der Waals surface area contributed by atoms with E-state index in [1.807, 2.05) is 0 Å². The Hall–Kier alpha value is 0.330. The van der Waals surface area contributed by atoms with Gasteiger partial charge in [-0.25, -0.2) is 18.3 Å². The third-order valence-corrected chi connectivity index (χ3v) is 22.4. The summed E-state index contributed by atoms with van der Waals surface area (Å²) in [5.41, 5.74) is 5.30. The SMILES string of the molecule is C.C.C.C.C.C.C.C.C.CCCCCCCCCCCCCCCC(=O)NCCCCCCOP(=O)(O)OC.CCCCCCCCCCCCCCCC(=O)OCC(COP(=O)(O)OCCNC(=O)CCCC(=O)NCCCCCCOP(=O)(O)OC)OC(=O)CCCCCCCCCCCCCCC.COP(=O)(O)OCCCCCCN.P.P.P.P.P.P. The normalized spacial score (nSPS) is 12.2. The van der Waals surface area contributed by atoms with Gasteiger partial charge in [-0.05, 0) is 70.8 Å². The predicted molar refractivity (Wildman–Crippen MR) is 566 cm³/mol. The van der Waals surface area contributed by atoms with Crippen LogP contribution in [0.25, 0.3) is 0 Å². The van der Waals surface area contributed by atoms with E-state index in [1.54, 1.807) is 0 Å². The molecule has 0 bridgehead atoms. The molecule has 37 heteroatoms. The number of rotatable bonds is 82. The lowest BCUT2D eigenvalue weighted by Gasteiger charge is -2.20. The Bertz CT molecular complexity index is 2330. The second-order valence-corrected chi connectivity index (χ2v) is 34.9. The molecular weight excluding hydrogens is 1790 g/mol. The summed E-state index contributed by atoms with van der Waals surface area (Å²) in [6.45, 7) is 7.90. The van der Waals surface area contributed by atoms with E-state index in [9.17, 15) is 52.0 Å². The minimum atomic E-state index is -4.63. The molecule has 0 saturated carbocycles. The highest BCUT2D eigenvalue weighted by Crippen LogP contribution is 2.44. The molecule has 0 heterocycles. The van der Waals surface area contributed by atoms with Crippen molar-refractivity contribution in [3.8, 4) is 0 Å². The van der Waals surface area contributed by atoms with Crippen LogP contribution < -0.4 is 21.7 Å². The van der Waals surface area contributed by atoms with Crippen molar-refractivity contribution in [2.75, 3.05) is 87.1 Å². The number of ether oxygens (including phenoxy) is 2. The lowest BCUT2D eigenvalue weighted by molar-refractivity contribution is -0.161. The predicted octanol–water partition coefficient (Wildman–Crippen LogP) is 26.5. The molecule has 9 N–H and O–H groups in total. The number of esters is 2. The van der Waals surface area contributed by atoms with Gasteiger partial charge >= 0.3 is 43.2 Å². The van der Waals surface area contributed by atoms with Gasteiger partial charge in [0.2, 0.25) is 17.7 Å². The van der Waals surface area contributed by atoms with E-state index in [-0.39, 0.29) is 209 Å². The van der Waals surface area contributed by atoms with Gasteiger partial charge in [0.1, 0.15) is 6.61 Å². The molecule has 3 amide bonds. The Morgan fingerprint density at radius 3 is 0.792 bits per heavy atom. The fraction of sp³-hybridized carbons (Fsp3) is 0.943. The number of phosphoric ester groups is 4. The highest BCUT2D eigenvalue weighted by atomic mass is 31.2. The number of amides is 3. The summed E-state index contributed by atoms with van der Waals surface area (Å²) < 4.78 is 94.0. The minimum absolute atomic E-state index is 0. The van der Waals surface area contributed by atoms with Crippen LogP contribution in [0.1, 0.15) is 454 Å². The van der Waals surface area contributed by atoms with Gasteiger partial charge in [0.05, 0.1) is 33.0 Å². The third kappa shape index (κ3) is 137. The van der Waals surface area contributed by atoms with Crippen LogP contribution in [0.15, 0.2) is 0 Å². The molecule has 0 spiro atoms. The number of unbranched alkanes of at least 4 members (excludes halogenated alkanes) is 45. The Morgan fingerprint density at radius 2 is 0.504 bits per heavy atom. The summed E-state index contributed by atoms with van der Waals surface area (Å²) in [5, 5.41) is 8.35. The van der Waals surface area contributed by atoms with Crippen molar-refractivity contribution in [1.29, 1.82) is 0 Å². The standard InChI is InChI=1S/C49H96N2O14P2.C23H48NO5P.C7H18NO4P.9CH4.6H3P/c1-4-6-8-10-12-14-16-18-20-22-24-26-30-37-48(54)61-43-45(65-49(55)38-31-27-25-23-21-19-17-15-13-11-9-7-5-2)44-64-67(58,59)63-42-40-51-47(53)36-34-35-46(52)50-39-32-28-29-33-41-62-66(56,57)60-3;1-3-4-5-6-7-8-9-10-11-12-13-14-17-20-23(25)24-21-18-15-16-19-22-29-30(26,27)28-2;1-11-13(9,10)12-7-5-3-2-4-6-8;;;;;;;;;;;;;;;/h45H,4-44H2,1-3H3,(H,50,52)(H,51,53)(H,56,57)(H,58,59);3-22H2,1-2H3,(H,24,25)(H,26,27);2-8H2,1H3,(H,9,10);9*1H4;6*1H3. The van der Waals surface area contributed by atoms with Crippen molar-refractivity contribution in [1.82, 2.24) is 16.0 Å². The molecule has 27 nitrogen and oxygen atoms in total. The number of carbonyl (C=O) groups excluding carboxylic acids is 5. The second kappa shape index (κ2) is 126. The average Bonchev–Trinajstić information content (AvgIpc) is 0.923. The van der Waals surface area contributed by atoms with Crippen LogP contribution in [-0.4, -0.2) is 142 Å². The zero-order chi connectivity index (χ0) is 82.0. The number of hydrogen-bond acceptors (Lipinski definition) is 20. The van der Waals surface area contributed by atoms with Gasteiger partial charge in [0.15, 0.2) is 6.10 Å². The van der Waals surface area contributed by atoms with Gasteiger partial charge in [0.25, 0.3) is 0 Å². The van der Waals surface area contributed by atoms with E-state index >= 15 is 0 Å². The molecule has 11 unspecified atom stereocenters. The number of nitrogens with one attached hydrogen (secondary N) is 3. The van der Waals surface area contributed by atoms with E-state index in [2.05, 4.69) is 54.8 Å². The first-order valence-electron chi connectivity index (χ1n) is 43.0. The number of phosphoric acid groups is 4. The van der Waals surface area contributed by atoms with Crippen LogP contribution in [0.3, 0.4) is 0 Å². The number of nitrogens with two attached hydrogens (primary N) is 1. The number of carbonyl (C=O) groups is 5. The number of hydrogen-bond donors (Lipinski definition) is 8. The molecule has 11 atom stereocenters. The van der Waals surface area contributed by atoms with Gasteiger partial charge in [-0.15, -0.1) is 0 Å². The minimum Gasteiger partial charge on any atom is -0.462 e. The molecule has 776 valence electrons. The van der Waals surface area contributed by atoms with Crippen molar-refractivity contribution in [2.45, 2.75) is 460 Å². The smallest absolute Gasteiger partial charge is 0.462 e. The van der Waals surface area contributed by atoms with Crippen molar-refractivity contribution >= 4 is 120 Å². The Kier molecular flexibility index (Phi) is 170. The Morgan fingerprint density at radius 1 is 0.272 bits per heavy atom. The lowest BCUT2D eigenvalue weighted by Crippen LogP contribution is -2.30. The van der Waals surface area contributed by atoms with Crippen LogP contribution in [0.5, 0.6) is 0 Å². The molecule has 0 aliphatic rings. The van der Waals surface area contributed by atoms with E-state index < -0.39 is 55.9 Å². The molecule has 125 heavy (non-hydrogen) atoms. The zero-order valence-corrected chi connectivity index (χ0v) is 86.2. The molecule has 0 aromatic carbocycles. The monoisotopic (exact) mass is 2010 g/mol. The third-order valence-electron chi connectivity index (χ3n) is 18.5. The largest absolute Gasteiger partial charge is 0.472 e. The molecule has 0 radical (unpaired) electrons. The van der Waals surface area contributed by atoms with E-state index in [1.165, 1.54) is 186 Å². The van der Waals surface area contributed by atoms with Crippen molar-refractivity contribution in [2.24, 2.45) is 5.73 Å². The average molecular weight is 2010 g/mol. The Labute approximate surface area is 791 Å². The maximum absolute atomic E-state index is 12.8. The summed E-state index contributed by atoms with van der Waals surface area (Å²) in [6, 6.07) is 0. The molecule has 0 aromatic heterocycles. The van der Waals surface area contributed by atoms with E-state index in [0.29, 0.717) is 58.2 Å². The summed E-state index contributed by atoms with van der Waals surface area (Å²) >= 11 is 0. The summed E-state index contributed by atoms with van der Waals surface area (Å²) in [7, 11) is -12.8. The van der Waals surface area contributed by atoms with Gasteiger partial charge in [-0.1, -0.05) is 357 Å². The topological polar surface area (TPSA) is 389 Å². The lowest BCUT2D eigenvalue weighted by atomic mass is 10.0. The first kappa shape index (κ1) is 168. The molecule has 0 fully saturated rings. The van der Waals surface area contributed by atoms with Crippen LogP contribution in [0.4, 0.5) is 0 Å². The van der Waals surface area contributed by atoms with E-state index in [4.69, 9.17) is 43.1 Å². The van der Waals surface area contributed by atoms with Crippen LogP contribution in [0.2, 0.25) is 0 Å². The molecule has 0 aliphatic carbocycles. The van der Waals surface area contributed by atoms with Gasteiger partial charge in [-0.2, -0.15) is 59.4 Å². The van der Waals surface area contributed by atoms with E-state index in [0.717, 1.165) is 137 Å². The molecule has 0 aliphatic heterocycles. The first-order valence-corrected chi connectivity index (χ1v) is 49.0. The summed E-state index contributed by atoms with van der Waals surface area (Å²) in [6.07, 6.45) is 58.5. The fourth-order valence-electron chi connectivity index (χ4n) is 11.7.